The van der Waals surface area contributed by atoms with Gasteiger partial charge in [0.2, 0.25) is 0 Å². The van der Waals surface area contributed by atoms with Gasteiger partial charge >= 0.3 is 0 Å². The Kier molecular flexibility index (Phi) is 6.88. The third kappa shape index (κ3) is 4.67. The van der Waals surface area contributed by atoms with E-state index in [0.29, 0.717) is 30.9 Å². The molecular weight excluding hydrogens is 460 g/mol. The first-order valence-corrected chi connectivity index (χ1v) is 12.6. The number of nitriles is 1. The summed E-state index contributed by atoms with van der Waals surface area (Å²) in [4.78, 5) is 2.09. The number of aliphatic hydroxyl groups is 1. The highest BCUT2D eigenvalue weighted by molar-refractivity contribution is 5.86. The number of hydrogen-bond acceptors (Lipinski definition) is 5. The Hall–Kier alpha value is -3.85. The van der Waals surface area contributed by atoms with Crippen LogP contribution in [0, 0.1) is 11.3 Å². The van der Waals surface area contributed by atoms with Crippen LogP contribution >= 0.6 is 0 Å². The van der Waals surface area contributed by atoms with E-state index in [9.17, 15) is 10.4 Å². The fourth-order valence-electron chi connectivity index (χ4n) is 5.51. The van der Waals surface area contributed by atoms with Crippen LogP contribution in [-0.2, 0) is 12.0 Å². The first-order chi connectivity index (χ1) is 17.9. The van der Waals surface area contributed by atoms with Gasteiger partial charge in [0.05, 0.1) is 25.3 Å². The van der Waals surface area contributed by atoms with Crippen LogP contribution in [0.2, 0.25) is 0 Å². The Balaban J connectivity index is 1.81. The minimum absolute atomic E-state index is 0.450. The third-order valence-electron chi connectivity index (χ3n) is 7.36. The van der Waals surface area contributed by atoms with E-state index in [1.807, 2.05) is 68.7 Å². The molecule has 0 saturated carbocycles. The number of rotatable bonds is 8. The van der Waals surface area contributed by atoms with Crippen LogP contribution in [0.1, 0.15) is 40.2 Å². The normalized spacial score (nSPS) is 15.0. The van der Waals surface area contributed by atoms with Crippen molar-refractivity contribution in [2.24, 2.45) is 0 Å². The van der Waals surface area contributed by atoms with Gasteiger partial charge in [-0.3, -0.25) is 0 Å². The smallest absolute Gasteiger partial charge is 0.128 e. The standard InChI is InChI=1S/C32H32N2O3/c1-34(2)16-15-32(35,28-11-7-10-24-14-17-37-31(24)28)30(23-8-5-4-6-9-23)27-19-26-18-22(21-33)12-13-25(26)20-29(27)36-3/h4-13,18-20,30,35H,14-17H2,1-3H3/t30-,32-/m1/s1. The fourth-order valence-corrected chi connectivity index (χ4v) is 5.51. The maximum absolute atomic E-state index is 12.9. The summed E-state index contributed by atoms with van der Waals surface area (Å²) in [7, 11) is 5.70. The van der Waals surface area contributed by atoms with E-state index >= 15 is 0 Å². The largest absolute Gasteiger partial charge is 0.496 e. The first-order valence-electron chi connectivity index (χ1n) is 12.6. The summed E-state index contributed by atoms with van der Waals surface area (Å²) in [5.74, 6) is 1.04. The lowest BCUT2D eigenvalue weighted by Crippen LogP contribution is -2.38. The van der Waals surface area contributed by atoms with Gasteiger partial charge in [0.25, 0.3) is 0 Å². The van der Waals surface area contributed by atoms with E-state index in [0.717, 1.165) is 45.2 Å². The predicted molar refractivity (Wildman–Crippen MR) is 146 cm³/mol. The number of benzene rings is 4. The highest BCUT2D eigenvalue weighted by Crippen LogP contribution is 2.51. The Labute approximate surface area is 218 Å². The molecule has 0 radical (unpaired) electrons. The van der Waals surface area contributed by atoms with E-state index < -0.39 is 11.5 Å². The summed E-state index contributed by atoms with van der Waals surface area (Å²) >= 11 is 0. The van der Waals surface area contributed by atoms with E-state index in [1.165, 1.54) is 0 Å². The molecule has 0 aromatic heterocycles. The van der Waals surface area contributed by atoms with Gasteiger partial charge in [-0.05, 0) is 66.7 Å². The molecule has 1 aliphatic rings. The van der Waals surface area contributed by atoms with Gasteiger partial charge in [-0.2, -0.15) is 5.26 Å². The minimum atomic E-state index is -1.30. The van der Waals surface area contributed by atoms with Crippen LogP contribution in [0.15, 0.2) is 78.9 Å². The van der Waals surface area contributed by atoms with Gasteiger partial charge in [-0.15, -0.1) is 0 Å². The van der Waals surface area contributed by atoms with Crippen molar-refractivity contribution in [3.05, 3.63) is 107 Å². The zero-order valence-corrected chi connectivity index (χ0v) is 21.6. The molecule has 0 unspecified atom stereocenters. The van der Waals surface area contributed by atoms with Crippen molar-refractivity contribution in [1.82, 2.24) is 4.90 Å². The van der Waals surface area contributed by atoms with Gasteiger partial charge in [0.1, 0.15) is 17.1 Å². The first kappa shape index (κ1) is 24.8. The average Bonchev–Trinajstić information content (AvgIpc) is 3.41. The minimum Gasteiger partial charge on any atom is -0.496 e. The molecule has 0 fully saturated rings. The van der Waals surface area contributed by atoms with E-state index in [-0.39, 0.29) is 0 Å². The third-order valence-corrected chi connectivity index (χ3v) is 7.36. The number of nitrogens with zero attached hydrogens (tertiary/aromatic N) is 2. The molecule has 4 aromatic carbocycles. The molecule has 0 spiro atoms. The Morgan fingerprint density at radius 2 is 1.84 bits per heavy atom. The van der Waals surface area contributed by atoms with E-state index in [4.69, 9.17) is 9.47 Å². The van der Waals surface area contributed by atoms with Crippen molar-refractivity contribution >= 4 is 10.8 Å². The van der Waals surface area contributed by atoms with Crippen molar-refractivity contribution in [1.29, 1.82) is 5.26 Å². The summed E-state index contributed by atoms with van der Waals surface area (Å²) in [6.07, 6.45) is 1.32. The Morgan fingerprint density at radius 3 is 2.57 bits per heavy atom. The van der Waals surface area contributed by atoms with Gasteiger partial charge in [0, 0.05) is 30.0 Å². The summed E-state index contributed by atoms with van der Waals surface area (Å²) in [5.41, 5.74) is 3.07. The van der Waals surface area contributed by atoms with Crippen molar-refractivity contribution in [3.8, 4) is 17.6 Å². The molecule has 0 aliphatic carbocycles. The SMILES string of the molecule is COc1cc2ccc(C#N)cc2cc1[C@@H](c1ccccc1)[C@@](O)(CCN(C)C)c1cccc2c1OCC2. The highest BCUT2D eigenvalue weighted by atomic mass is 16.5. The van der Waals surface area contributed by atoms with Crippen molar-refractivity contribution in [2.75, 3.05) is 34.4 Å². The summed E-state index contributed by atoms with van der Waals surface area (Å²) in [5, 5.41) is 24.4. The van der Waals surface area contributed by atoms with Gasteiger partial charge < -0.3 is 19.5 Å². The number of hydrogen-bond donors (Lipinski definition) is 1. The number of para-hydroxylation sites is 1. The predicted octanol–water partition coefficient (Wildman–Crippen LogP) is 5.63. The van der Waals surface area contributed by atoms with Crippen LogP contribution in [-0.4, -0.2) is 44.4 Å². The zero-order valence-electron chi connectivity index (χ0n) is 21.6. The molecule has 1 heterocycles. The molecule has 5 heteroatoms. The second-order valence-electron chi connectivity index (χ2n) is 9.98. The molecule has 1 N–H and O–H groups in total. The molecule has 4 aromatic rings. The lowest BCUT2D eigenvalue weighted by molar-refractivity contribution is 0.00192. The van der Waals surface area contributed by atoms with Crippen LogP contribution in [0.5, 0.6) is 11.5 Å². The molecule has 0 bridgehead atoms. The maximum atomic E-state index is 12.9. The van der Waals surface area contributed by atoms with E-state index in [1.54, 1.807) is 7.11 Å². The van der Waals surface area contributed by atoms with Crippen molar-refractivity contribution in [3.63, 3.8) is 0 Å². The second-order valence-corrected chi connectivity index (χ2v) is 9.98. The fraction of sp³-hybridized carbons (Fsp3) is 0.281. The molecule has 0 saturated heterocycles. The lowest BCUT2D eigenvalue weighted by atomic mass is 9.70. The Bertz CT molecular complexity index is 1460. The quantitative estimate of drug-likeness (QED) is 0.346. The number of ether oxygens (including phenoxy) is 2. The lowest BCUT2D eigenvalue weighted by Gasteiger charge is -2.39. The molecule has 188 valence electrons. The second kappa shape index (κ2) is 10.3. The summed E-state index contributed by atoms with van der Waals surface area (Å²) in [6, 6.07) is 28.2. The molecule has 5 rings (SSSR count). The van der Waals surface area contributed by atoms with Crippen molar-refractivity contribution < 1.29 is 14.6 Å². The van der Waals surface area contributed by atoms with Crippen LogP contribution in [0.25, 0.3) is 10.8 Å². The zero-order chi connectivity index (χ0) is 26.0. The summed E-state index contributed by atoms with van der Waals surface area (Å²) in [6.45, 7) is 1.29. The topological polar surface area (TPSA) is 65.7 Å². The van der Waals surface area contributed by atoms with Gasteiger partial charge in [-0.1, -0.05) is 54.6 Å². The van der Waals surface area contributed by atoms with Crippen LogP contribution in [0.3, 0.4) is 0 Å². The van der Waals surface area contributed by atoms with Gasteiger partial charge in [-0.25, -0.2) is 0 Å². The van der Waals surface area contributed by atoms with Gasteiger partial charge in [0.15, 0.2) is 0 Å². The molecular formula is C32H32N2O3. The molecule has 1 aliphatic heterocycles. The molecule has 2 atom stereocenters. The average molecular weight is 493 g/mol. The number of fused-ring (bicyclic) bond motifs is 2. The molecule has 5 nitrogen and oxygen atoms in total. The molecule has 37 heavy (non-hydrogen) atoms. The summed E-state index contributed by atoms with van der Waals surface area (Å²) < 4.78 is 12.1. The van der Waals surface area contributed by atoms with Crippen molar-refractivity contribution in [2.45, 2.75) is 24.4 Å². The van der Waals surface area contributed by atoms with E-state index in [2.05, 4.69) is 35.2 Å². The maximum Gasteiger partial charge on any atom is 0.128 e. The Morgan fingerprint density at radius 1 is 1.03 bits per heavy atom. The highest BCUT2D eigenvalue weighted by Gasteiger charge is 2.44. The van der Waals surface area contributed by atoms with Crippen LogP contribution in [0.4, 0.5) is 0 Å². The molecule has 0 amide bonds. The van der Waals surface area contributed by atoms with Crippen LogP contribution < -0.4 is 9.47 Å². The number of methoxy groups -OCH3 is 1. The monoisotopic (exact) mass is 492 g/mol.